The monoisotopic (exact) mass is 338 g/mol. The molecule has 2 unspecified atom stereocenters. The number of nitrogens with one attached hydrogen (secondary N) is 1. The third-order valence-electron chi connectivity index (χ3n) is 4.90. The Morgan fingerprint density at radius 3 is 2.85 bits per heavy atom. The van der Waals surface area contributed by atoms with Crippen molar-refractivity contribution in [2.45, 2.75) is 50.2 Å². The van der Waals surface area contributed by atoms with E-state index in [2.05, 4.69) is 45.6 Å². The molecule has 2 aliphatic rings. The van der Waals surface area contributed by atoms with Crippen LogP contribution in [0.25, 0.3) is 0 Å². The normalized spacial score (nSPS) is 26.8. The molecular formula is C16H23BrN2O. The predicted molar refractivity (Wildman–Crippen MR) is 84.1 cm³/mol. The predicted octanol–water partition coefficient (Wildman–Crippen LogP) is 3.69. The van der Waals surface area contributed by atoms with Crippen LogP contribution in [-0.4, -0.2) is 12.2 Å². The van der Waals surface area contributed by atoms with Gasteiger partial charge in [-0.3, -0.25) is 11.3 Å². The van der Waals surface area contributed by atoms with E-state index in [9.17, 15) is 0 Å². The molecule has 4 heteroatoms. The van der Waals surface area contributed by atoms with Crippen molar-refractivity contribution in [3.63, 3.8) is 0 Å². The number of rotatable bonds is 3. The van der Waals surface area contributed by atoms with E-state index in [0.717, 1.165) is 23.9 Å². The molecule has 1 aliphatic heterocycles. The van der Waals surface area contributed by atoms with Gasteiger partial charge in [0.05, 0.1) is 5.60 Å². The molecule has 0 radical (unpaired) electrons. The van der Waals surface area contributed by atoms with E-state index in [1.165, 1.54) is 31.2 Å². The Labute approximate surface area is 129 Å². The van der Waals surface area contributed by atoms with Gasteiger partial charge in [-0.1, -0.05) is 40.9 Å². The Morgan fingerprint density at radius 2 is 2.15 bits per heavy atom. The van der Waals surface area contributed by atoms with Crippen LogP contribution in [0, 0.1) is 5.92 Å². The van der Waals surface area contributed by atoms with Crippen molar-refractivity contribution < 1.29 is 4.74 Å². The number of nitrogens with two attached hydrogens (primary N) is 1. The number of hydrazine groups is 1. The summed E-state index contributed by atoms with van der Waals surface area (Å²) in [5.41, 5.74) is 4.45. The Balaban J connectivity index is 1.78. The molecule has 2 atom stereocenters. The smallest absolute Gasteiger partial charge is 0.0686 e. The van der Waals surface area contributed by atoms with Crippen LogP contribution in [0.3, 0.4) is 0 Å². The van der Waals surface area contributed by atoms with Gasteiger partial charge >= 0.3 is 0 Å². The highest BCUT2D eigenvalue weighted by molar-refractivity contribution is 9.10. The summed E-state index contributed by atoms with van der Waals surface area (Å²) in [4.78, 5) is 0. The second kappa shape index (κ2) is 6.14. The van der Waals surface area contributed by atoms with Crippen LogP contribution < -0.4 is 11.3 Å². The molecule has 0 bridgehead atoms. The van der Waals surface area contributed by atoms with E-state index < -0.39 is 0 Å². The lowest BCUT2D eigenvalue weighted by atomic mass is 9.79. The molecule has 0 amide bonds. The number of benzene rings is 1. The van der Waals surface area contributed by atoms with Crippen LogP contribution >= 0.6 is 15.9 Å². The Kier molecular flexibility index (Phi) is 4.46. The SMILES string of the molecule is NNC(c1cccc(Br)c1)C1CCOC2(CCCC2)C1. The average molecular weight is 339 g/mol. The summed E-state index contributed by atoms with van der Waals surface area (Å²) in [6.07, 6.45) is 7.28. The largest absolute Gasteiger partial charge is 0.375 e. The second-order valence-electron chi connectivity index (χ2n) is 6.19. The van der Waals surface area contributed by atoms with Crippen molar-refractivity contribution in [1.29, 1.82) is 0 Å². The van der Waals surface area contributed by atoms with Crippen molar-refractivity contribution in [3.05, 3.63) is 34.3 Å². The molecule has 1 aromatic rings. The van der Waals surface area contributed by atoms with Gasteiger partial charge in [0.15, 0.2) is 0 Å². The molecule has 110 valence electrons. The van der Waals surface area contributed by atoms with E-state index in [1.807, 2.05) is 0 Å². The topological polar surface area (TPSA) is 47.3 Å². The highest BCUT2D eigenvalue weighted by Crippen LogP contribution is 2.45. The highest BCUT2D eigenvalue weighted by Gasteiger charge is 2.42. The van der Waals surface area contributed by atoms with Gasteiger partial charge in [0.1, 0.15) is 0 Å². The van der Waals surface area contributed by atoms with Gasteiger partial charge in [0.25, 0.3) is 0 Å². The molecule has 1 spiro atoms. The maximum atomic E-state index is 6.13. The van der Waals surface area contributed by atoms with Gasteiger partial charge in [-0.2, -0.15) is 0 Å². The number of halogens is 1. The van der Waals surface area contributed by atoms with E-state index >= 15 is 0 Å². The number of hydrogen-bond donors (Lipinski definition) is 2. The first kappa shape index (κ1) is 14.5. The Morgan fingerprint density at radius 1 is 1.35 bits per heavy atom. The molecule has 3 N–H and O–H groups in total. The molecule has 3 nitrogen and oxygen atoms in total. The van der Waals surface area contributed by atoms with Gasteiger partial charge in [-0.15, -0.1) is 0 Å². The second-order valence-corrected chi connectivity index (χ2v) is 7.11. The zero-order valence-corrected chi connectivity index (χ0v) is 13.4. The molecule has 1 saturated heterocycles. The first-order valence-corrected chi connectivity index (χ1v) is 8.37. The quantitative estimate of drug-likeness (QED) is 0.652. The summed E-state index contributed by atoms with van der Waals surface area (Å²) in [5, 5.41) is 0. The molecule has 3 rings (SSSR count). The third-order valence-corrected chi connectivity index (χ3v) is 5.40. The highest BCUT2D eigenvalue weighted by atomic mass is 79.9. The molecule has 1 aliphatic carbocycles. The fourth-order valence-electron chi connectivity index (χ4n) is 3.92. The zero-order valence-electron chi connectivity index (χ0n) is 11.8. The van der Waals surface area contributed by atoms with Gasteiger partial charge in [0, 0.05) is 17.1 Å². The zero-order chi connectivity index (χ0) is 14.0. The van der Waals surface area contributed by atoms with E-state index in [4.69, 9.17) is 10.6 Å². The minimum absolute atomic E-state index is 0.143. The summed E-state index contributed by atoms with van der Waals surface area (Å²) in [7, 11) is 0. The third kappa shape index (κ3) is 2.93. The Hall–Kier alpha value is -0.420. The van der Waals surface area contributed by atoms with Crippen LogP contribution in [0.5, 0.6) is 0 Å². The Bertz CT molecular complexity index is 460. The van der Waals surface area contributed by atoms with Crippen molar-refractivity contribution in [3.8, 4) is 0 Å². The van der Waals surface area contributed by atoms with Crippen molar-refractivity contribution in [2.24, 2.45) is 11.8 Å². The summed E-state index contributed by atoms with van der Waals surface area (Å²) in [6, 6.07) is 8.68. The summed E-state index contributed by atoms with van der Waals surface area (Å²) < 4.78 is 7.24. The van der Waals surface area contributed by atoms with Crippen molar-refractivity contribution >= 4 is 15.9 Å². The fourth-order valence-corrected chi connectivity index (χ4v) is 4.34. The summed E-state index contributed by atoms with van der Waals surface area (Å²) in [5.74, 6) is 6.42. The van der Waals surface area contributed by atoms with Crippen LogP contribution in [-0.2, 0) is 4.74 Å². The van der Waals surface area contributed by atoms with Crippen molar-refractivity contribution in [2.75, 3.05) is 6.61 Å². The maximum absolute atomic E-state index is 6.13. The van der Waals surface area contributed by atoms with Crippen LogP contribution in [0.4, 0.5) is 0 Å². The van der Waals surface area contributed by atoms with E-state index in [-0.39, 0.29) is 11.6 Å². The molecule has 0 aromatic heterocycles. The van der Waals surface area contributed by atoms with Gasteiger partial charge < -0.3 is 4.74 Å². The molecule has 1 saturated carbocycles. The van der Waals surface area contributed by atoms with Crippen LogP contribution in [0.2, 0.25) is 0 Å². The van der Waals surface area contributed by atoms with Crippen LogP contribution in [0.15, 0.2) is 28.7 Å². The van der Waals surface area contributed by atoms with Gasteiger partial charge in [-0.25, -0.2) is 0 Å². The van der Waals surface area contributed by atoms with Gasteiger partial charge in [-0.05, 0) is 49.3 Å². The number of ether oxygens (including phenoxy) is 1. The summed E-state index contributed by atoms with van der Waals surface area (Å²) in [6.45, 7) is 0.872. The van der Waals surface area contributed by atoms with Crippen molar-refractivity contribution in [1.82, 2.24) is 5.43 Å². The summed E-state index contributed by atoms with van der Waals surface area (Å²) >= 11 is 3.55. The standard InChI is InChI=1S/C16H23BrN2O/c17-14-5-3-4-12(10-14)15(19-18)13-6-9-20-16(11-13)7-1-2-8-16/h3-5,10,13,15,19H,1-2,6-9,11,18H2. The lowest BCUT2D eigenvalue weighted by Crippen LogP contribution is -2.43. The number of hydrogen-bond acceptors (Lipinski definition) is 3. The molecule has 1 aromatic carbocycles. The van der Waals surface area contributed by atoms with Gasteiger partial charge in [0.2, 0.25) is 0 Å². The maximum Gasteiger partial charge on any atom is 0.0686 e. The fraction of sp³-hybridized carbons (Fsp3) is 0.625. The molecule has 1 heterocycles. The molecular weight excluding hydrogens is 316 g/mol. The van der Waals surface area contributed by atoms with E-state index in [1.54, 1.807) is 0 Å². The lowest BCUT2D eigenvalue weighted by molar-refractivity contribution is -0.0982. The lowest BCUT2D eigenvalue weighted by Gasteiger charge is -2.41. The van der Waals surface area contributed by atoms with E-state index in [0.29, 0.717) is 5.92 Å². The minimum atomic E-state index is 0.143. The van der Waals surface area contributed by atoms with Crippen LogP contribution in [0.1, 0.15) is 50.1 Å². The first-order chi connectivity index (χ1) is 9.72. The molecule has 2 fully saturated rings. The average Bonchev–Trinajstić information content (AvgIpc) is 2.88. The first-order valence-electron chi connectivity index (χ1n) is 7.58. The molecule has 20 heavy (non-hydrogen) atoms. The minimum Gasteiger partial charge on any atom is -0.375 e.